The Bertz CT molecular complexity index is 302. The molecule has 1 aromatic heterocycles. The second kappa shape index (κ2) is 6.08. The van der Waals surface area contributed by atoms with E-state index in [0.717, 1.165) is 12.1 Å². The fraction of sp³-hybridized carbons (Fsp3) is 0.500. The SMILES string of the molecule is CCC[C@@H](N)C(=O)NCc1cccnn1. The second-order valence-electron chi connectivity index (χ2n) is 3.33. The molecule has 0 aliphatic rings. The third-order valence-corrected chi connectivity index (χ3v) is 2.01. The molecule has 0 spiro atoms. The lowest BCUT2D eigenvalue weighted by molar-refractivity contribution is -0.122. The Balaban J connectivity index is 2.34. The van der Waals surface area contributed by atoms with Gasteiger partial charge < -0.3 is 11.1 Å². The van der Waals surface area contributed by atoms with Crippen LogP contribution in [0.3, 0.4) is 0 Å². The van der Waals surface area contributed by atoms with Crippen molar-refractivity contribution < 1.29 is 4.79 Å². The molecule has 82 valence electrons. The molecule has 0 saturated heterocycles. The van der Waals surface area contributed by atoms with Crippen molar-refractivity contribution in [3.63, 3.8) is 0 Å². The number of nitrogens with two attached hydrogens (primary N) is 1. The lowest BCUT2D eigenvalue weighted by atomic mass is 10.2. The van der Waals surface area contributed by atoms with Gasteiger partial charge in [0.25, 0.3) is 0 Å². The minimum absolute atomic E-state index is 0.137. The van der Waals surface area contributed by atoms with Gasteiger partial charge in [0.15, 0.2) is 0 Å². The van der Waals surface area contributed by atoms with E-state index in [9.17, 15) is 4.79 Å². The van der Waals surface area contributed by atoms with E-state index in [0.29, 0.717) is 13.0 Å². The van der Waals surface area contributed by atoms with Gasteiger partial charge in [0.05, 0.1) is 18.3 Å². The standard InChI is InChI=1S/C10H16N4O/c1-2-4-9(11)10(15)12-7-8-5-3-6-13-14-8/h3,5-6,9H,2,4,7,11H2,1H3,(H,12,15)/t9-/m1/s1. The maximum Gasteiger partial charge on any atom is 0.237 e. The molecule has 0 unspecified atom stereocenters. The lowest BCUT2D eigenvalue weighted by Gasteiger charge is -2.10. The van der Waals surface area contributed by atoms with Gasteiger partial charge >= 0.3 is 0 Å². The van der Waals surface area contributed by atoms with Crippen LogP contribution in [0.15, 0.2) is 18.3 Å². The lowest BCUT2D eigenvalue weighted by Crippen LogP contribution is -2.40. The summed E-state index contributed by atoms with van der Waals surface area (Å²) in [4.78, 5) is 11.4. The number of hydrogen-bond acceptors (Lipinski definition) is 4. The van der Waals surface area contributed by atoms with Crippen LogP contribution in [-0.2, 0) is 11.3 Å². The molecule has 1 atom stereocenters. The molecule has 1 rings (SSSR count). The van der Waals surface area contributed by atoms with Gasteiger partial charge in [-0.2, -0.15) is 10.2 Å². The smallest absolute Gasteiger partial charge is 0.237 e. The minimum atomic E-state index is -0.424. The van der Waals surface area contributed by atoms with E-state index >= 15 is 0 Å². The fourth-order valence-electron chi connectivity index (χ4n) is 1.18. The highest BCUT2D eigenvalue weighted by atomic mass is 16.2. The molecule has 5 nitrogen and oxygen atoms in total. The largest absolute Gasteiger partial charge is 0.349 e. The molecule has 1 aromatic rings. The van der Waals surface area contributed by atoms with Gasteiger partial charge in [-0.1, -0.05) is 13.3 Å². The van der Waals surface area contributed by atoms with Gasteiger partial charge in [-0.15, -0.1) is 0 Å². The first-order chi connectivity index (χ1) is 7.24. The van der Waals surface area contributed by atoms with Crippen LogP contribution in [0.5, 0.6) is 0 Å². The van der Waals surface area contributed by atoms with Gasteiger partial charge in [0.1, 0.15) is 0 Å². The predicted octanol–water partition coefficient (Wildman–Crippen LogP) is 0.220. The summed E-state index contributed by atoms with van der Waals surface area (Å²) in [7, 11) is 0. The van der Waals surface area contributed by atoms with Gasteiger partial charge in [0.2, 0.25) is 5.91 Å². The molecule has 0 aromatic carbocycles. The molecular weight excluding hydrogens is 192 g/mol. The summed E-state index contributed by atoms with van der Waals surface area (Å²) in [6.07, 6.45) is 3.19. The average Bonchev–Trinajstić information content (AvgIpc) is 2.27. The quantitative estimate of drug-likeness (QED) is 0.725. The summed E-state index contributed by atoms with van der Waals surface area (Å²) in [6.45, 7) is 2.37. The Morgan fingerprint density at radius 1 is 1.67 bits per heavy atom. The van der Waals surface area contributed by atoms with Crippen molar-refractivity contribution in [2.45, 2.75) is 32.4 Å². The molecule has 0 aliphatic carbocycles. The molecule has 0 bridgehead atoms. The van der Waals surface area contributed by atoms with Crippen LogP contribution < -0.4 is 11.1 Å². The van der Waals surface area contributed by atoms with Crippen LogP contribution >= 0.6 is 0 Å². The van der Waals surface area contributed by atoms with Crippen molar-refractivity contribution in [2.24, 2.45) is 5.73 Å². The van der Waals surface area contributed by atoms with Crippen molar-refractivity contribution in [3.05, 3.63) is 24.0 Å². The Morgan fingerprint density at radius 2 is 2.47 bits per heavy atom. The van der Waals surface area contributed by atoms with Gasteiger partial charge in [-0.05, 0) is 18.6 Å². The number of amides is 1. The second-order valence-corrected chi connectivity index (χ2v) is 3.33. The molecule has 0 saturated carbocycles. The molecule has 0 fully saturated rings. The zero-order valence-corrected chi connectivity index (χ0v) is 8.81. The topological polar surface area (TPSA) is 80.9 Å². The van der Waals surface area contributed by atoms with Crippen molar-refractivity contribution in [1.82, 2.24) is 15.5 Å². The van der Waals surface area contributed by atoms with E-state index in [-0.39, 0.29) is 5.91 Å². The van der Waals surface area contributed by atoms with Crippen molar-refractivity contribution in [3.8, 4) is 0 Å². The average molecular weight is 208 g/mol. The number of carbonyl (C=O) groups is 1. The minimum Gasteiger partial charge on any atom is -0.349 e. The summed E-state index contributed by atoms with van der Waals surface area (Å²) in [6, 6.07) is 3.16. The predicted molar refractivity (Wildman–Crippen MR) is 56.8 cm³/mol. The molecule has 3 N–H and O–H groups in total. The number of hydrogen-bond donors (Lipinski definition) is 2. The number of carbonyl (C=O) groups excluding carboxylic acids is 1. The fourth-order valence-corrected chi connectivity index (χ4v) is 1.18. The van der Waals surface area contributed by atoms with Crippen LogP contribution in [-0.4, -0.2) is 22.1 Å². The molecule has 5 heteroatoms. The van der Waals surface area contributed by atoms with Crippen LogP contribution in [0.25, 0.3) is 0 Å². The highest BCUT2D eigenvalue weighted by Crippen LogP contribution is 1.94. The van der Waals surface area contributed by atoms with Crippen LogP contribution in [0.2, 0.25) is 0 Å². The normalized spacial score (nSPS) is 12.1. The highest BCUT2D eigenvalue weighted by Gasteiger charge is 2.11. The number of nitrogens with zero attached hydrogens (tertiary/aromatic N) is 2. The van der Waals surface area contributed by atoms with Crippen LogP contribution in [0, 0.1) is 0 Å². The van der Waals surface area contributed by atoms with Gasteiger partial charge in [0, 0.05) is 6.20 Å². The molecule has 1 heterocycles. The third-order valence-electron chi connectivity index (χ3n) is 2.01. The summed E-state index contributed by atoms with van der Waals surface area (Å²) >= 11 is 0. The van der Waals surface area contributed by atoms with Gasteiger partial charge in [-0.3, -0.25) is 4.79 Å². The van der Waals surface area contributed by atoms with E-state index in [1.165, 1.54) is 0 Å². The maximum atomic E-state index is 11.4. The Hall–Kier alpha value is -1.49. The molecule has 0 radical (unpaired) electrons. The zero-order valence-electron chi connectivity index (χ0n) is 8.81. The van der Waals surface area contributed by atoms with E-state index < -0.39 is 6.04 Å². The number of nitrogens with one attached hydrogen (secondary N) is 1. The number of rotatable bonds is 5. The summed E-state index contributed by atoms with van der Waals surface area (Å²) in [5, 5.41) is 10.3. The first-order valence-electron chi connectivity index (χ1n) is 5.04. The van der Waals surface area contributed by atoms with E-state index in [2.05, 4.69) is 15.5 Å². The van der Waals surface area contributed by atoms with Crippen LogP contribution in [0.4, 0.5) is 0 Å². The first kappa shape index (κ1) is 11.6. The molecule has 1 amide bonds. The van der Waals surface area contributed by atoms with Crippen molar-refractivity contribution >= 4 is 5.91 Å². The summed E-state index contributed by atoms with van der Waals surface area (Å²) in [5.74, 6) is -0.137. The molecule has 0 aliphatic heterocycles. The Labute approximate surface area is 89.1 Å². The first-order valence-corrected chi connectivity index (χ1v) is 5.04. The monoisotopic (exact) mass is 208 g/mol. The molecular formula is C10H16N4O. The van der Waals surface area contributed by atoms with Crippen LogP contribution in [0.1, 0.15) is 25.5 Å². The van der Waals surface area contributed by atoms with Crippen molar-refractivity contribution in [2.75, 3.05) is 0 Å². The van der Waals surface area contributed by atoms with E-state index in [1.54, 1.807) is 18.3 Å². The zero-order chi connectivity index (χ0) is 11.1. The third kappa shape index (κ3) is 4.03. The Morgan fingerprint density at radius 3 is 3.07 bits per heavy atom. The summed E-state index contributed by atoms with van der Waals surface area (Å²) in [5.41, 5.74) is 6.37. The summed E-state index contributed by atoms with van der Waals surface area (Å²) < 4.78 is 0. The maximum absolute atomic E-state index is 11.4. The van der Waals surface area contributed by atoms with Gasteiger partial charge in [-0.25, -0.2) is 0 Å². The van der Waals surface area contributed by atoms with E-state index in [1.807, 2.05) is 6.92 Å². The van der Waals surface area contributed by atoms with Crippen molar-refractivity contribution in [1.29, 1.82) is 0 Å². The molecule has 15 heavy (non-hydrogen) atoms. The van der Waals surface area contributed by atoms with E-state index in [4.69, 9.17) is 5.73 Å². The highest BCUT2D eigenvalue weighted by molar-refractivity contribution is 5.81. The number of aromatic nitrogens is 2. The Kier molecular flexibility index (Phi) is 4.70.